The van der Waals surface area contributed by atoms with Crippen LogP contribution >= 0.6 is 0 Å². The number of rotatable bonds is 7. The Bertz CT molecular complexity index is 590. The van der Waals surface area contributed by atoms with E-state index in [1.807, 2.05) is 7.05 Å². The molecule has 3 rings (SSSR count). The van der Waals surface area contributed by atoms with Crippen LogP contribution in [0.5, 0.6) is 0 Å². The minimum Gasteiger partial charge on any atom is -0.355 e. The van der Waals surface area contributed by atoms with Crippen LogP contribution in [0, 0.1) is 0 Å². The Kier molecular flexibility index (Phi) is 8.13. The summed E-state index contributed by atoms with van der Waals surface area (Å²) in [7, 11) is 4.07. The minimum atomic E-state index is 0.400. The summed E-state index contributed by atoms with van der Waals surface area (Å²) in [5.41, 5.74) is 1.39. The van der Waals surface area contributed by atoms with E-state index >= 15 is 0 Å². The van der Waals surface area contributed by atoms with Gasteiger partial charge in [-0.05, 0) is 45.5 Å². The maximum atomic E-state index is 4.46. The molecule has 28 heavy (non-hydrogen) atoms. The fraction of sp³-hybridized carbons (Fsp3) is 0.682. The molecule has 0 bridgehead atoms. The number of hydrogen-bond donors (Lipinski definition) is 2. The van der Waals surface area contributed by atoms with Crippen LogP contribution in [-0.4, -0.2) is 93.2 Å². The van der Waals surface area contributed by atoms with Crippen LogP contribution in [0.2, 0.25) is 0 Å². The quantitative estimate of drug-likeness (QED) is 0.551. The molecule has 0 aromatic heterocycles. The maximum absolute atomic E-state index is 4.46. The smallest absolute Gasteiger partial charge is 0.191 e. The first-order valence-corrected chi connectivity index (χ1v) is 10.8. The predicted octanol–water partition coefficient (Wildman–Crippen LogP) is 1.62. The van der Waals surface area contributed by atoms with Crippen LogP contribution in [0.3, 0.4) is 0 Å². The third kappa shape index (κ3) is 5.93. The molecule has 2 aliphatic heterocycles. The summed E-state index contributed by atoms with van der Waals surface area (Å²) in [6.07, 6.45) is 2.61. The van der Waals surface area contributed by atoms with Gasteiger partial charge in [-0.2, -0.15) is 0 Å². The second kappa shape index (κ2) is 10.8. The number of guanidine groups is 1. The molecule has 0 radical (unpaired) electrons. The molecule has 0 aliphatic carbocycles. The summed E-state index contributed by atoms with van der Waals surface area (Å²) in [4.78, 5) is 12.0. The standard InChI is InChI=1S/C22H38N6/c1-19(27-15-13-26(3)14-16-27)17-24-22(23-2)25-18-21(28-11-7-8-12-28)20-9-5-4-6-10-20/h4-6,9-10,19,21H,7-8,11-18H2,1-3H3,(H2,23,24,25). The van der Waals surface area contributed by atoms with Gasteiger partial charge in [-0.25, -0.2) is 0 Å². The van der Waals surface area contributed by atoms with E-state index in [1.54, 1.807) is 0 Å². The molecule has 2 atom stereocenters. The zero-order valence-electron chi connectivity index (χ0n) is 17.9. The lowest BCUT2D eigenvalue weighted by Gasteiger charge is -2.36. The first-order chi connectivity index (χ1) is 13.7. The number of nitrogens with one attached hydrogen (secondary N) is 2. The number of hydrogen-bond acceptors (Lipinski definition) is 4. The SMILES string of the molecule is CN=C(NCC(C)N1CCN(C)CC1)NCC(c1ccccc1)N1CCCC1. The highest BCUT2D eigenvalue weighted by atomic mass is 15.3. The molecular weight excluding hydrogens is 348 g/mol. The summed E-state index contributed by atoms with van der Waals surface area (Å²) in [5, 5.41) is 7.12. The average molecular weight is 387 g/mol. The molecule has 2 aliphatic rings. The summed E-state index contributed by atoms with van der Waals surface area (Å²) >= 11 is 0. The van der Waals surface area contributed by atoms with E-state index in [4.69, 9.17) is 0 Å². The van der Waals surface area contributed by atoms with Gasteiger partial charge in [0.1, 0.15) is 0 Å². The Morgan fingerprint density at radius 1 is 0.929 bits per heavy atom. The molecule has 6 heteroatoms. The van der Waals surface area contributed by atoms with Crippen molar-refractivity contribution in [3.63, 3.8) is 0 Å². The third-order valence-corrected chi connectivity index (χ3v) is 6.18. The zero-order valence-corrected chi connectivity index (χ0v) is 17.9. The summed E-state index contributed by atoms with van der Waals surface area (Å²) in [5.74, 6) is 0.904. The van der Waals surface area contributed by atoms with Crippen molar-refractivity contribution >= 4 is 5.96 Å². The Balaban J connectivity index is 1.50. The number of piperazine rings is 1. The number of benzene rings is 1. The zero-order chi connectivity index (χ0) is 19.8. The Labute approximate surface area is 171 Å². The topological polar surface area (TPSA) is 46.1 Å². The summed E-state index contributed by atoms with van der Waals surface area (Å²) < 4.78 is 0. The molecule has 1 aromatic rings. The van der Waals surface area contributed by atoms with E-state index < -0.39 is 0 Å². The van der Waals surface area contributed by atoms with Crippen LogP contribution in [0.1, 0.15) is 31.4 Å². The first-order valence-electron chi connectivity index (χ1n) is 10.8. The third-order valence-electron chi connectivity index (χ3n) is 6.18. The van der Waals surface area contributed by atoms with Crippen LogP contribution in [-0.2, 0) is 0 Å². The second-order valence-electron chi connectivity index (χ2n) is 8.19. The number of nitrogens with zero attached hydrogens (tertiary/aromatic N) is 4. The highest BCUT2D eigenvalue weighted by molar-refractivity contribution is 5.79. The van der Waals surface area contributed by atoms with Crippen molar-refractivity contribution in [2.24, 2.45) is 4.99 Å². The van der Waals surface area contributed by atoms with Gasteiger partial charge in [-0.15, -0.1) is 0 Å². The Morgan fingerprint density at radius 3 is 2.21 bits per heavy atom. The molecule has 0 amide bonds. The molecule has 1 aromatic carbocycles. The van der Waals surface area contributed by atoms with Gasteiger partial charge < -0.3 is 15.5 Å². The van der Waals surface area contributed by atoms with Gasteiger partial charge in [-0.3, -0.25) is 14.8 Å². The summed E-state index contributed by atoms with van der Waals surface area (Å²) in [6.45, 7) is 11.1. The molecule has 156 valence electrons. The van der Waals surface area contributed by atoms with Gasteiger partial charge in [0, 0.05) is 52.4 Å². The Hall–Kier alpha value is -1.63. The van der Waals surface area contributed by atoms with Gasteiger partial charge in [0.25, 0.3) is 0 Å². The van der Waals surface area contributed by atoms with Crippen LogP contribution in [0.4, 0.5) is 0 Å². The number of likely N-dealkylation sites (N-methyl/N-ethyl adjacent to an activating group) is 1. The Morgan fingerprint density at radius 2 is 1.57 bits per heavy atom. The van der Waals surface area contributed by atoms with Gasteiger partial charge in [0.15, 0.2) is 5.96 Å². The molecule has 2 unspecified atom stereocenters. The molecule has 6 nitrogen and oxygen atoms in total. The van der Waals surface area contributed by atoms with E-state index in [2.05, 4.69) is 74.6 Å². The molecule has 2 heterocycles. The maximum Gasteiger partial charge on any atom is 0.191 e. The predicted molar refractivity (Wildman–Crippen MR) is 118 cm³/mol. The van der Waals surface area contributed by atoms with E-state index in [1.165, 1.54) is 31.5 Å². The first kappa shape index (κ1) is 21.1. The highest BCUT2D eigenvalue weighted by Crippen LogP contribution is 2.24. The van der Waals surface area contributed by atoms with Gasteiger partial charge in [0.05, 0.1) is 6.04 Å². The van der Waals surface area contributed by atoms with Crippen molar-refractivity contribution in [1.29, 1.82) is 0 Å². The van der Waals surface area contributed by atoms with Crippen molar-refractivity contribution in [2.75, 3.05) is 66.5 Å². The van der Waals surface area contributed by atoms with Crippen molar-refractivity contribution < 1.29 is 0 Å². The van der Waals surface area contributed by atoms with Gasteiger partial charge >= 0.3 is 0 Å². The summed E-state index contributed by atoms with van der Waals surface area (Å²) in [6, 6.07) is 11.8. The second-order valence-corrected chi connectivity index (χ2v) is 8.19. The molecule has 0 saturated carbocycles. The normalized spacial score (nSPS) is 22.2. The van der Waals surface area contributed by atoms with E-state index in [-0.39, 0.29) is 0 Å². The van der Waals surface area contributed by atoms with Crippen LogP contribution in [0.25, 0.3) is 0 Å². The fourth-order valence-corrected chi connectivity index (χ4v) is 4.24. The van der Waals surface area contributed by atoms with E-state index in [0.29, 0.717) is 12.1 Å². The molecule has 0 spiro atoms. The lowest BCUT2D eigenvalue weighted by atomic mass is 10.1. The van der Waals surface area contributed by atoms with E-state index in [0.717, 1.165) is 45.2 Å². The van der Waals surface area contributed by atoms with Crippen molar-refractivity contribution in [1.82, 2.24) is 25.3 Å². The van der Waals surface area contributed by atoms with Crippen molar-refractivity contribution in [2.45, 2.75) is 31.8 Å². The van der Waals surface area contributed by atoms with Crippen molar-refractivity contribution in [3.05, 3.63) is 35.9 Å². The number of aliphatic imine (C=N–C) groups is 1. The number of likely N-dealkylation sites (tertiary alicyclic amines) is 1. The highest BCUT2D eigenvalue weighted by Gasteiger charge is 2.24. The average Bonchev–Trinajstić information content (AvgIpc) is 3.26. The molecule has 2 fully saturated rings. The van der Waals surface area contributed by atoms with E-state index in [9.17, 15) is 0 Å². The largest absolute Gasteiger partial charge is 0.355 e. The van der Waals surface area contributed by atoms with Crippen molar-refractivity contribution in [3.8, 4) is 0 Å². The lowest BCUT2D eigenvalue weighted by molar-refractivity contribution is 0.120. The van der Waals surface area contributed by atoms with Crippen LogP contribution in [0.15, 0.2) is 35.3 Å². The monoisotopic (exact) mass is 386 g/mol. The lowest BCUT2D eigenvalue weighted by Crippen LogP contribution is -2.52. The van der Waals surface area contributed by atoms with Gasteiger partial charge in [0.2, 0.25) is 0 Å². The molecular formula is C22H38N6. The molecule has 2 N–H and O–H groups in total. The van der Waals surface area contributed by atoms with Crippen LogP contribution < -0.4 is 10.6 Å². The molecule has 2 saturated heterocycles. The fourth-order valence-electron chi connectivity index (χ4n) is 4.24. The van der Waals surface area contributed by atoms with Gasteiger partial charge in [-0.1, -0.05) is 30.3 Å². The minimum absolute atomic E-state index is 0.400.